The van der Waals surface area contributed by atoms with Gasteiger partial charge in [0.05, 0.1) is 6.10 Å². The lowest BCUT2D eigenvalue weighted by Crippen LogP contribution is -2.50. The topological polar surface area (TPSA) is 55.7 Å². The summed E-state index contributed by atoms with van der Waals surface area (Å²) in [5, 5.41) is 26.3. The number of benzene rings is 2. The van der Waals surface area contributed by atoms with Gasteiger partial charge in [0, 0.05) is 26.2 Å². The molecule has 0 radical (unpaired) electrons. The minimum absolute atomic E-state index is 0.138. The smallest absolute Gasteiger partial charge is 0.119 e. The molecule has 4 heteroatoms. The molecule has 2 saturated carbocycles. The number of hydrogen-bond donors (Lipinski definition) is 3. The van der Waals surface area contributed by atoms with Gasteiger partial charge in [0.1, 0.15) is 5.60 Å². The average Bonchev–Trinajstić information content (AvgIpc) is 3.20. The van der Waals surface area contributed by atoms with Crippen molar-refractivity contribution in [2.24, 2.45) is 23.7 Å². The standard InChI is InChI=1S/C27H36N2O2/c30-26(27(31,22-13-7-8-14-22)21-11-5-2-6-12-21)16-28-15-23-24-18-29(19-25(23)24)17-20-9-3-1-4-10-20/h1-6,9-12,22-26,28,30-31H,7-8,13-19H2. The first-order valence-corrected chi connectivity index (χ1v) is 12.1. The number of piperidine rings is 1. The third-order valence-corrected chi connectivity index (χ3v) is 8.14. The van der Waals surface area contributed by atoms with Crippen LogP contribution in [-0.2, 0) is 12.1 Å². The van der Waals surface area contributed by atoms with Crippen LogP contribution in [0.15, 0.2) is 60.7 Å². The number of rotatable bonds is 9. The largest absolute Gasteiger partial charge is 0.388 e. The molecule has 0 amide bonds. The minimum Gasteiger partial charge on any atom is -0.388 e. The quantitative estimate of drug-likeness (QED) is 0.582. The highest BCUT2D eigenvalue weighted by Crippen LogP contribution is 2.51. The van der Waals surface area contributed by atoms with Crippen molar-refractivity contribution in [1.29, 1.82) is 0 Å². The highest BCUT2D eigenvalue weighted by atomic mass is 16.3. The number of aliphatic hydroxyl groups excluding tert-OH is 1. The summed E-state index contributed by atoms with van der Waals surface area (Å²) in [4.78, 5) is 2.57. The highest BCUT2D eigenvalue weighted by molar-refractivity contribution is 5.25. The predicted octanol–water partition coefficient (Wildman–Crippen LogP) is 3.39. The van der Waals surface area contributed by atoms with E-state index in [0.717, 1.165) is 62.1 Å². The highest BCUT2D eigenvalue weighted by Gasteiger charge is 2.55. The van der Waals surface area contributed by atoms with E-state index in [1.807, 2.05) is 30.3 Å². The Morgan fingerprint density at radius 2 is 1.55 bits per heavy atom. The zero-order valence-electron chi connectivity index (χ0n) is 18.4. The number of hydrogen-bond acceptors (Lipinski definition) is 4. The normalized spacial score (nSPS) is 28.9. The minimum atomic E-state index is -1.16. The van der Waals surface area contributed by atoms with Crippen LogP contribution >= 0.6 is 0 Å². The van der Waals surface area contributed by atoms with Gasteiger partial charge in [-0.1, -0.05) is 73.5 Å². The van der Waals surface area contributed by atoms with Gasteiger partial charge < -0.3 is 15.5 Å². The fourth-order valence-electron chi connectivity index (χ4n) is 6.32. The summed E-state index contributed by atoms with van der Waals surface area (Å²) >= 11 is 0. The van der Waals surface area contributed by atoms with Crippen LogP contribution in [0.5, 0.6) is 0 Å². The molecular weight excluding hydrogens is 384 g/mol. The third-order valence-electron chi connectivity index (χ3n) is 8.14. The molecule has 1 saturated heterocycles. The number of nitrogens with zero attached hydrogens (tertiary/aromatic N) is 1. The lowest BCUT2D eigenvalue weighted by Gasteiger charge is -2.39. The van der Waals surface area contributed by atoms with E-state index in [1.165, 1.54) is 18.7 Å². The molecule has 0 aromatic heterocycles. The third kappa shape index (κ3) is 4.31. The van der Waals surface area contributed by atoms with Gasteiger partial charge >= 0.3 is 0 Å². The molecule has 4 atom stereocenters. The van der Waals surface area contributed by atoms with Gasteiger partial charge in [-0.3, -0.25) is 4.90 Å². The molecule has 2 aromatic rings. The predicted molar refractivity (Wildman–Crippen MR) is 123 cm³/mol. The van der Waals surface area contributed by atoms with Gasteiger partial charge in [-0.2, -0.15) is 0 Å². The molecule has 0 spiro atoms. The van der Waals surface area contributed by atoms with Gasteiger partial charge in [0.25, 0.3) is 0 Å². The summed E-state index contributed by atoms with van der Waals surface area (Å²) in [6.07, 6.45) is 3.49. The van der Waals surface area contributed by atoms with Crippen LogP contribution in [-0.4, -0.2) is 47.4 Å². The monoisotopic (exact) mass is 420 g/mol. The Kier molecular flexibility index (Phi) is 6.16. The zero-order chi connectivity index (χ0) is 21.3. The Morgan fingerprint density at radius 1 is 0.935 bits per heavy atom. The molecular formula is C27H36N2O2. The van der Waals surface area contributed by atoms with Gasteiger partial charge in [-0.15, -0.1) is 0 Å². The Morgan fingerprint density at radius 3 is 2.19 bits per heavy atom. The molecule has 31 heavy (non-hydrogen) atoms. The van der Waals surface area contributed by atoms with Crippen LogP contribution in [0.1, 0.15) is 36.8 Å². The van der Waals surface area contributed by atoms with E-state index in [-0.39, 0.29) is 5.92 Å². The number of aliphatic hydroxyl groups is 2. The van der Waals surface area contributed by atoms with Crippen LogP contribution in [0.25, 0.3) is 0 Å². The molecule has 1 heterocycles. The van der Waals surface area contributed by atoms with E-state index < -0.39 is 11.7 Å². The Labute approximate surface area is 186 Å². The van der Waals surface area contributed by atoms with Crippen molar-refractivity contribution in [2.75, 3.05) is 26.2 Å². The fraction of sp³-hybridized carbons (Fsp3) is 0.556. The zero-order valence-corrected chi connectivity index (χ0v) is 18.4. The summed E-state index contributed by atoms with van der Waals surface area (Å²) in [6, 6.07) is 20.6. The van der Waals surface area contributed by atoms with Crippen molar-refractivity contribution >= 4 is 0 Å². The van der Waals surface area contributed by atoms with E-state index >= 15 is 0 Å². The van der Waals surface area contributed by atoms with Gasteiger partial charge in [0.2, 0.25) is 0 Å². The Hall–Kier alpha value is -1.72. The van der Waals surface area contributed by atoms with E-state index in [2.05, 4.69) is 40.5 Å². The molecule has 4 nitrogen and oxygen atoms in total. The average molecular weight is 421 g/mol. The first-order chi connectivity index (χ1) is 15.2. The van der Waals surface area contributed by atoms with Crippen molar-refractivity contribution in [3.63, 3.8) is 0 Å². The summed E-state index contributed by atoms with van der Waals surface area (Å²) < 4.78 is 0. The van der Waals surface area contributed by atoms with E-state index in [0.29, 0.717) is 6.54 Å². The molecule has 166 valence electrons. The second-order valence-electron chi connectivity index (χ2n) is 10.0. The molecule has 3 fully saturated rings. The summed E-state index contributed by atoms with van der Waals surface area (Å²) in [5.74, 6) is 2.43. The maximum absolute atomic E-state index is 11.7. The van der Waals surface area contributed by atoms with Crippen LogP contribution < -0.4 is 5.32 Å². The van der Waals surface area contributed by atoms with Crippen molar-refractivity contribution < 1.29 is 10.2 Å². The van der Waals surface area contributed by atoms with Gasteiger partial charge in [-0.25, -0.2) is 0 Å². The Balaban J connectivity index is 1.12. The second kappa shape index (κ2) is 9.03. The number of fused-ring (bicyclic) bond motifs is 1. The SMILES string of the molecule is OC(CNCC1C2CN(Cc3ccccc3)CC12)C(O)(c1ccccc1)C1CCCC1. The van der Waals surface area contributed by atoms with Crippen molar-refractivity contribution in [1.82, 2.24) is 10.2 Å². The lowest BCUT2D eigenvalue weighted by atomic mass is 9.76. The molecule has 3 N–H and O–H groups in total. The van der Waals surface area contributed by atoms with Crippen molar-refractivity contribution in [2.45, 2.75) is 43.9 Å². The lowest BCUT2D eigenvalue weighted by molar-refractivity contribution is -0.118. The summed E-state index contributed by atoms with van der Waals surface area (Å²) in [6.45, 7) is 4.82. The van der Waals surface area contributed by atoms with Crippen LogP contribution in [0.2, 0.25) is 0 Å². The maximum atomic E-state index is 11.7. The molecule has 1 aliphatic heterocycles. The molecule has 5 rings (SSSR count). The maximum Gasteiger partial charge on any atom is 0.119 e. The van der Waals surface area contributed by atoms with Crippen molar-refractivity contribution in [3.05, 3.63) is 71.8 Å². The first-order valence-electron chi connectivity index (χ1n) is 12.1. The van der Waals surface area contributed by atoms with Gasteiger partial charge in [0.15, 0.2) is 0 Å². The molecule has 2 aromatic carbocycles. The van der Waals surface area contributed by atoms with Gasteiger partial charge in [-0.05, 0) is 54.2 Å². The van der Waals surface area contributed by atoms with E-state index in [1.54, 1.807) is 0 Å². The summed E-state index contributed by atoms with van der Waals surface area (Å²) in [7, 11) is 0. The second-order valence-corrected chi connectivity index (χ2v) is 10.0. The number of likely N-dealkylation sites (tertiary alicyclic amines) is 1. The first kappa shape index (κ1) is 21.1. The molecule has 3 aliphatic rings. The summed E-state index contributed by atoms with van der Waals surface area (Å²) in [5.41, 5.74) is 1.10. The van der Waals surface area contributed by atoms with Crippen LogP contribution in [0.4, 0.5) is 0 Å². The molecule has 4 unspecified atom stereocenters. The number of nitrogens with one attached hydrogen (secondary N) is 1. The van der Waals surface area contributed by atoms with E-state index in [9.17, 15) is 10.2 Å². The van der Waals surface area contributed by atoms with Crippen LogP contribution in [0, 0.1) is 23.7 Å². The van der Waals surface area contributed by atoms with E-state index in [4.69, 9.17) is 0 Å². The molecule has 2 aliphatic carbocycles. The fourth-order valence-corrected chi connectivity index (χ4v) is 6.32. The molecule has 0 bridgehead atoms. The van der Waals surface area contributed by atoms with Crippen molar-refractivity contribution in [3.8, 4) is 0 Å². The van der Waals surface area contributed by atoms with Crippen LogP contribution in [0.3, 0.4) is 0 Å². The Bertz CT molecular complexity index is 827.